The van der Waals surface area contributed by atoms with E-state index in [2.05, 4.69) is 0 Å². The van der Waals surface area contributed by atoms with Crippen molar-refractivity contribution in [1.82, 2.24) is 4.31 Å². The molecule has 136 valence electrons. The van der Waals surface area contributed by atoms with Crippen molar-refractivity contribution in [3.05, 3.63) is 28.3 Å². The van der Waals surface area contributed by atoms with Gasteiger partial charge < -0.3 is 10.5 Å². The van der Waals surface area contributed by atoms with Crippen molar-refractivity contribution in [3.8, 4) is 5.75 Å². The Kier molecular flexibility index (Phi) is 6.97. The molecule has 1 fully saturated rings. The fourth-order valence-corrected chi connectivity index (χ4v) is 4.65. The number of piperidine rings is 1. The van der Waals surface area contributed by atoms with Gasteiger partial charge in [0.2, 0.25) is 10.0 Å². The van der Waals surface area contributed by atoms with Gasteiger partial charge in [-0.3, -0.25) is 10.1 Å². The molecule has 0 aromatic heterocycles. The predicted octanol–water partition coefficient (Wildman–Crippen LogP) is 1.92. The van der Waals surface area contributed by atoms with Crippen LogP contribution in [0.25, 0.3) is 0 Å². The predicted molar refractivity (Wildman–Crippen MR) is 92.1 cm³/mol. The highest BCUT2D eigenvalue weighted by molar-refractivity contribution is 7.89. The van der Waals surface area contributed by atoms with Crippen molar-refractivity contribution in [2.45, 2.75) is 43.2 Å². The molecule has 8 nitrogen and oxygen atoms in total. The SMILES string of the molecule is COc1cc(S(=O)(=O)N2CCCCC2C(C)N)ccc1[N+](=O)[O-].Cl. The summed E-state index contributed by atoms with van der Waals surface area (Å²) < 4.78 is 32.2. The molecule has 2 rings (SSSR count). The molecule has 0 saturated carbocycles. The first-order valence-corrected chi connectivity index (χ1v) is 8.83. The Labute approximate surface area is 147 Å². The molecule has 10 heteroatoms. The number of nitrogens with two attached hydrogens (primary N) is 1. The largest absolute Gasteiger partial charge is 0.490 e. The first-order valence-electron chi connectivity index (χ1n) is 7.39. The van der Waals surface area contributed by atoms with Crippen LogP contribution >= 0.6 is 12.4 Å². The Hall–Kier alpha value is -1.42. The minimum atomic E-state index is -3.78. The summed E-state index contributed by atoms with van der Waals surface area (Å²) in [4.78, 5) is 10.3. The Morgan fingerprint density at radius 1 is 1.42 bits per heavy atom. The van der Waals surface area contributed by atoms with Gasteiger partial charge in [0.05, 0.1) is 16.9 Å². The van der Waals surface area contributed by atoms with Crippen molar-refractivity contribution in [2.24, 2.45) is 5.73 Å². The molecular formula is C14H22ClN3O5S. The molecule has 1 heterocycles. The van der Waals surface area contributed by atoms with Gasteiger partial charge in [-0.25, -0.2) is 8.42 Å². The normalized spacial score (nSPS) is 20.0. The van der Waals surface area contributed by atoms with Crippen molar-refractivity contribution < 1.29 is 18.1 Å². The second kappa shape index (κ2) is 8.11. The average Bonchev–Trinajstić information content (AvgIpc) is 2.53. The highest BCUT2D eigenvalue weighted by Crippen LogP contribution is 2.32. The van der Waals surface area contributed by atoms with Crippen molar-refractivity contribution in [2.75, 3.05) is 13.7 Å². The number of methoxy groups -OCH3 is 1. The van der Waals surface area contributed by atoms with Crippen LogP contribution in [0, 0.1) is 10.1 Å². The third-order valence-electron chi connectivity index (χ3n) is 4.06. The lowest BCUT2D eigenvalue weighted by Crippen LogP contribution is -2.51. The summed E-state index contributed by atoms with van der Waals surface area (Å²) in [5.74, 6) is -0.0783. The van der Waals surface area contributed by atoms with Gasteiger partial charge in [0.1, 0.15) is 0 Å². The van der Waals surface area contributed by atoms with E-state index >= 15 is 0 Å². The van der Waals surface area contributed by atoms with Crippen LogP contribution in [0.15, 0.2) is 23.1 Å². The summed E-state index contributed by atoms with van der Waals surface area (Å²) in [6.07, 6.45) is 2.41. The lowest BCUT2D eigenvalue weighted by atomic mass is 10.00. The zero-order valence-corrected chi connectivity index (χ0v) is 15.2. The molecule has 1 saturated heterocycles. The van der Waals surface area contributed by atoms with Gasteiger partial charge in [-0.2, -0.15) is 4.31 Å². The Bertz CT molecular complexity index is 696. The topological polar surface area (TPSA) is 116 Å². The van der Waals surface area contributed by atoms with Crippen LogP contribution in [-0.4, -0.2) is 43.4 Å². The Balaban J connectivity index is 0.00000288. The number of hydrogen-bond donors (Lipinski definition) is 1. The van der Waals surface area contributed by atoms with Gasteiger partial charge in [-0.05, 0) is 25.8 Å². The number of ether oxygens (including phenoxy) is 1. The quantitative estimate of drug-likeness (QED) is 0.617. The van der Waals surface area contributed by atoms with Crippen LogP contribution in [0.4, 0.5) is 5.69 Å². The number of nitro groups is 1. The number of sulfonamides is 1. The standard InChI is InChI=1S/C14H21N3O5S.ClH/c1-10(15)12-5-3-4-8-16(12)23(20,21)11-6-7-13(17(18)19)14(9-11)22-2;/h6-7,9-10,12H,3-5,8,15H2,1-2H3;1H. The molecule has 1 aliphatic heterocycles. The summed E-state index contributed by atoms with van der Waals surface area (Å²) in [5, 5.41) is 10.9. The lowest BCUT2D eigenvalue weighted by molar-refractivity contribution is -0.385. The van der Waals surface area contributed by atoms with Crippen LogP contribution < -0.4 is 10.5 Å². The summed E-state index contributed by atoms with van der Waals surface area (Å²) in [6.45, 7) is 2.18. The van der Waals surface area contributed by atoms with Gasteiger partial charge in [-0.15, -0.1) is 12.4 Å². The highest BCUT2D eigenvalue weighted by Gasteiger charge is 2.36. The molecule has 1 aromatic carbocycles. The number of halogens is 1. The lowest BCUT2D eigenvalue weighted by Gasteiger charge is -2.36. The van der Waals surface area contributed by atoms with E-state index in [9.17, 15) is 18.5 Å². The molecule has 2 atom stereocenters. The zero-order valence-electron chi connectivity index (χ0n) is 13.5. The molecule has 0 spiro atoms. The first kappa shape index (κ1) is 20.6. The monoisotopic (exact) mass is 379 g/mol. The minimum absolute atomic E-state index is 0. The molecule has 24 heavy (non-hydrogen) atoms. The van der Waals surface area contributed by atoms with E-state index in [0.717, 1.165) is 18.9 Å². The van der Waals surface area contributed by atoms with Crippen LogP contribution in [-0.2, 0) is 10.0 Å². The second-order valence-corrected chi connectivity index (χ2v) is 7.52. The summed E-state index contributed by atoms with van der Waals surface area (Å²) in [7, 11) is -2.51. The maximum Gasteiger partial charge on any atom is 0.310 e. The van der Waals surface area contributed by atoms with Gasteiger partial charge in [0.25, 0.3) is 0 Å². The van der Waals surface area contributed by atoms with Crippen LogP contribution in [0.1, 0.15) is 26.2 Å². The maximum absolute atomic E-state index is 12.9. The van der Waals surface area contributed by atoms with Crippen LogP contribution in [0.5, 0.6) is 5.75 Å². The van der Waals surface area contributed by atoms with Gasteiger partial charge >= 0.3 is 5.69 Å². The third-order valence-corrected chi connectivity index (χ3v) is 5.98. The Morgan fingerprint density at radius 2 is 2.08 bits per heavy atom. The van der Waals surface area contributed by atoms with E-state index in [1.165, 1.54) is 23.5 Å². The maximum atomic E-state index is 12.9. The van der Waals surface area contributed by atoms with Crippen LogP contribution in [0.2, 0.25) is 0 Å². The number of benzene rings is 1. The van der Waals surface area contributed by atoms with E-state index in [0.29, 0.717) is 13.0 Å². The molecule has 0 radical (unpaired) electrons. The zero-order chi connectivity index (χ0) is 17.2. The van der Waals surface area contributed by atoms with Crippen LogP contribution in [0.3, 0.4) is 0 Å². The fraction of sp³-hybridized carbons (Fsp3) is 0.571. The van der Waals surface area contributed by atoms with Crippen molar-refractivity contribution in [3.63, 3.8) is 0 Å². The molecule has 1 aliphatic rings. The van der Waals surface area contributed by atoms with Gasteiger partial charge in [0, 0.05) is 30.8 Å². The second-order valence-electron chi connectivity index (χ2n) is 5.63. The highest BCUT2D eigenvalue weighted by atomic mass is 35.5. The third kappa shape index (κ3) is 3.97. The fourth-order valence-electron chi connectivity index (χ4n) is 2.86. The summed E-state index contributed by atoms with van der Waals surface area (Å²) >= 11 is 0. The van der Waals surface area contributed by atoms with E-state index in [-0.39, 0.29) is 40.8 Å². The molecule has 2 unspecified atom stereocenters. The molecular weight excluding hydrogens is 358 g/mol. The number of rotatable bonds is 5. The summed E-state index contributed by atoms with van der Waals surface area (Å²) in [5.41, 5.74) is 5.66. The molecule has 0 amide bonds. The Morgan fingerprint density at radius 3 is 2.62 bits per heavy atom. The number of nitro benzene ring substituents is 1. The van der Waals surface area contributed by atoms with Crippen molar-refractivity contribution >= 4 is 28.1 Å². The van der Waals surface area contributed by atoms with Gasteiger partial charge in [-0.1, -0.05) is 6.42 Å². The minimum Gasteiger partial charge on any atom is -0.490 e. The van der Waals surface area contributed by atoms with E-state index < -0.39 is 14.9 Å². The van der Waals surface area contributed by atoms with E-state index in [4.69, 9.17) is 10.5 Å². The first-order chi connectivity index (χ1) is 10.8. The molecule has 1 aromatic rings. The molecule has 0 aliphatic carbocycles. The summed E-state index contributed by atoms with van der Waals surface area (Å²) in [6, 6.07) is 3.03. The van der Waals surface area contributed by atoms with Crippen molar-refractivity contribution in [1.29, 1.82) is 0 Å². The molecule has 2 N–H and O–H groups in total. The molecule has 0 bridgehead atoms. The smallest absolute Gasteiger partial charge is 0.310 e. The average molecular weight is 380 g/mol. The van der Waals surface area contributed by atoms with E-state index in [1.807, 2.05) is 0 Å². The number of hydrogen-bond acceptors (Lipinski definition) is 6. The van der Waals surface area contributed by atoms with Gasteiger partial charge in [0.15, 0.2) is 5.75 Å². The van der Waals surface area contributed by atoms with E-state index in [1.54, 1.807) is 6.92 Å². The number of nitrogens with zero attached hydrogens (tertiary/aromatic N) is 2.